The second-order valence-electron chi connectivity index (χ2n) is 9.48. The fourth-order valence-corrected chi connectivity index (χ4v) is 4.29. The number of anilines is 1. The number of benzene rings is 2. The molecule has 216 valence electrons. The van der Waals surface area contributed by atoms with Crippen LogP contribution in [0.15, 0.2) is 107 Å². The Morgan fingerprint density at radius 1 is 1.14 bits per heavy atom. The van der Waals surface area contributed by atoms with Crippen molar-refractivity contribution in [1.82, 2.24) is 20.0 Å². The van der Waals surface area contributed by atoms with Gasteiger partial charge in [0.05, 0.1) is 25.2 Å². The lowest BCUT2D eigenvalue weighted by molar-refractivity contribution is 0.0533. The highest BCUT2D eigenvalue weighted by molar-refractivity contribution is 5.91. The minimum Gasteiger partial charge on any atom is -0.463 e. The van der Waals surface area contributed by atoms with Gasteiger partial charge >= 0.3 is 6.03 Å². The number of nitrogens with one attached hydrogen (secondary N) is 2. The third kappa shape index (κ3) is 7.07. The average molecular weight is 568 g/mol. The summed E-state index contributed by atoms with van der Waals surface area (Å²) in [5.74, 6) is 2.43. The number of amides is 2. The van der Waals surface area contributed by atoms with E-state index in [4.69, 9.17) is 19.6 Å². The molecule has 1 fully saturated rings. The van der Waals surface area contributed by atoms with E-state index >= 15 is 0 Å². The number of carbonyl (C=O) groups excluding carboxylic acids is 1. The number of hydrogen-bond donors (Lipinski definition) is 3. The average Bonchev–Trinajstić information content (AvgIpc) is 3.68. The fourth-order valence-electron chi connectivity index (χ4n) is 4.29. The first-order chi connectivity index (χ1) is 20.5. The molecule has 0 saturated carbocycles. The summed E-state index contributed by atoms with van der Waals surface area (Å²) in [7, 11) is 0. The Morgan fingerprint density at radius 3 is 2.67 bits per heavy atom. The van der Waals surface area contributed by atoms with E-state index in [-0.39, 0.29) is 12.4 Å². The van der Waals surface area contributed by atoms with Crippen LogP contribution in [-0.4, -0.2) is 52.9 Å². The van der Waals surface area contributed by atoms with E-state index in [1.807, 2.05) is 60.4 Å². The summed E-state index contributed by atoms with van der Waals surface area (Å²) in [5.41, 5.74) is 8.90. The topological polar surface area (TPSA) is 132 Å². The SMILES string of the molecule is C=C(/N=C(\C=C/N)Oc1ccccc1CNC(=O)Nc1cc(-c2ccco2)nn1-c1ccc(C)cc1)N1CCOCC1. The van der Waals surface area contributed by atoms with Gasteiger partial charge in [-0.05, 0) is 43.5 Å². The zero-order valence-electron chi connectivity index (χ0n) is 23.3. The molecule has 4 aromatic rings. The van der Waals surface area contributed by atoms with Crippen LogP contribution in [0.1, 0.15) is 11.1 Å². The number of aromatic nitrogens is 2. The fraction of sp³-hybridized carbons (Fsp3) is 0.194. The van der Waals surface area contributed by atoms with Crippen LogP contribution >= 0.6 is 0 Å². The molecule has 11 heteroatoms. The molecule has 3 heterocycles. The van der Waals surface area contributed by atoms with Crippen LogP contribution in [0.4, 0.5) is 10.6 Å². The van der Waals surface area contributed by atoms with Gasteiger partial charge in [0.1, 0.15) is 23.1 Å². The van der Waals surface area contributed by atoms with Crippen molar-refractivity contribution < 1.29 is 18.7 Å². The summed E-state index contributed by atoms with van der Waals surface area (Å²) < 4.78 is 18.7. The number of furan rings is 1. The lowest BCUT2D eigenvalue weighted by Gasteiger charge is -2.28. The van der Waals surface area contributed by atoms with Crippen LogP contribution in [-0.2, 0) is 11.3 Å². The number of urea groups is 1. The first kappa shape index (κ1) is 28.2. The summed E-state index contributed by atoms with van der Waals surface area (Å²) in [5, 5.41) is 10.5. The number of carbonyl (C=O) groups is 1. The molecule has 2 aromatic carbocycles. The molecule has 0 bridgehead atoms. The predicted octanol–water partition coefficient (Wildman–Crippen LogP) is 4.82. The van der Waals surface area contributed by atoms with Gasteiger partial charge < -0.3 is 29.8 Å². The third-order valence-corrected chi connectivity index (χ3v) is 6.48. The number of morpholine rings is 1. The van der Waals surface area contributed by atoms with E-state index in [9.17, 15) is 4.79 Å². The van der Waals surface area contributed by atoms with E-state index < -0.39 is 6.03 Å². The highest BCUT2D eigenvalue weighted by atomic mass is 16.5. The second kappa shape index (κ2) is 13.4. The molecule has 0 atom stereocenters. The zero-order valence-corrected chi connectivity index (χ0v) is 23.3. The summed E-state index contributed by atoms with van der Waals surface area (Å²) in [6.07, 6.45) is 4.50. The number of rotatable bonds is 9. The van der Waals surface area contributed by atoms with Crippen LogP contribution in [0.5, 0.6) is 5.75 Å². The Balaban J connectivity index is 1.29. The number of hydrogen-bond acceptors (Lipinski definition) is 8. The Labute approximate surface area is 243 Å². The molecule has 0 unspecified atom stereocenters. The Kier molecular flexibility index (Phi) is 9.00. The number of aryl methyl sites for hydroxylation is 1. The molecule has 5 rings (SSSR count). The maximum Gasteiger partial charge on any atom is 0.320 e. The summed E-state index contributed by atoms with van der Waals surface area (Å²) >= 11 is 0. The first-order valence-electron chi connectivity index (χ1n) is 13.5. The monoisotopic (exact) mass is 567 g/mol. The number of nitrogens with two attached hydrogens (primary N) is 1. The first-order valence-corrected chi connectivity index (χ1v) is 13.5. The minimum absolute atomic E-state index is 0.190. The van der Waals surface area contributed by atoms with Crippen molar-refractivity contribution in [2.24, 2.45) is 10.7 Å². The van der Waals surface area contributed by atoms with Gasteiger partial charge in [-0.3, -0.25) is 5.32 Å². The van der Waals surface area contributed by atoms with E-state index in [2.05, 4.69) is 27.3 Å². The van der Waals surface area contributed by atoms with E-state index in [1.165, 1.54) is 6.20 Å². The van der Waals surface area contributed by atoms with Crippen LogP contribution < -0.4 is 21.1 Å². The number of nitrogens with zero attached hydrogens (tertiary/aromatic N) is 4. The Morgan fingerprint density at radius 2 is 1.93 bits per heavy atom. The van der Waals surface area contributed by atoms with Gasteiger partial charge in [0.25, 0.3) is 0 Å². The quantitative estimate of drug-likeness (QED) is 0.195. The smallest absolute Gasteiger partial charge is 0.320 e. The van der Waals surface area contributed by atoms with Gasteiger partial charge in [-0.2, -0.15) is 10.1 Å². The molecule has 1 aliphatic heterocycles. The predicted molar refractivity (Wildman–Crippen MR) is 161 cm³/mol. The molecule has 2 amide bonds. The second-order valence-corrected chi connectivity index (χ2v) is 9.48. The van der Waals surface area contributed by atoms with Crippen LogP contribution in [0, 0.1) is 6.92 Å². The maximum absolute atomic E-state index is 13.1. The van der Waals surface area contributed by atoms with Crippen LogP contribution in [0.25, 0.3) is 17.1 Å². The van der Waals surface area contributed by atoms with Crippen molar-refractivity contribution in [3.8, 4) is 22.9 Å². The highest BCUT2D eigenvalue weighted by Crippen LogP contribution is 2.26. The molecule has 0 spiro atoms. The molecule has 4 N–H and O–H groups in total. The maximum atomic E-state index is 13.1. The largest absolute Gasteiger partial charge is 0.463 e. The van der Waals surface area contributed by atoms with Gasteiger partial charge in [-0.15, -0.1) is 0 Å². The van der Waals surface area contributed by atoms with Crippen LogP contribution in [0.3, 0.4) is 0 Å². The van der Waals surface area contributed by atoms with Gasteiger partial charge in [0.2, 0.25) is 5.90 Å². The summed E-state index contributed by atoms with van der Waals surface area (Å²) in [4.78, 5) is 19.6. The lowest BCUT2D eigenvalue weighted by Crippen LogP contribution is -2.35. The van der Waals surface area contributed by atoms with E-state index in [0.717, 1.165) is 16.8 Å². The van der Waals surface area contributed by atoms with Crippen molar-refractivity contribution in [2.45, 2.75) is 13.5 Å². The normalized spacial score (nSPS) is 13.7. The lowest BCUT2D eigenvalue weighted by atomic mass is 10.2. The van der Waals surface area contributed by atoms with Crippen LogP contribution in [0.2, 0.25) is 0 Å². The summed E-state index contributed by atoms with van der Waals surface area (Å²) in [6.45, 7) is 8.89. The summed E-state index contributed by atoms with van der Waals surface area (Å²) in [6, 6.07) is 20.2. The molecule has 1 aliphatic rings. The van der Waals surface area contributed by atoms with Gasteiger partial charge in [-0.1, -0.05) is 42.5 Å². The highest BCUT2D eigenvalue weighted by Gasteiger charge is 2.17. The molecule has 42 heavy (non-hydrogen) atoms. The third-order valence-electron chi connectivity index (χ3n) is 6.48. The molecular formula is C31H33N7O4. The zero-order chi connectivity index (χ0) is 29.3. The molecule has 11 nitrogen and oxygen atoms in total. The Hall–Kier alpha value is -5.29. The van der Waals surface area contributed by atoms with Gasteiger partial charge in [0, 0.05) is 37.3 Å². The molecule has 0 aliphatic carbocycles. The van der Waals surface area contributed by atoms with Crippen molar-refractivity contribution >= 4 is 17.7 Å². The molecule has 0 radical (unpaired) electrons. The molecule has 2 aromatic heterocycles. The molecular weight excluding hydrogens is 534 g/mol. The van der Waals surface area contributed by atoms with E-state index in [1.54, 1.807) is 35.2 Å². The van der Waals surface area contributed by atoms with Gasteiger partial charge in [0.15, 0.2) is 5.76 Å². The van der Waals surface area contributed by atoms with Crippen molar-refractivity contribution in [3.05, 3.63) is 109 Å². The Bertz CT molecular complexity index is 1570. The molecule has 1 saturated heterocycles. The standard InChI is InChI=1S/C31H33N7O4/c1-22-9-11-25(12-10-22)38-29(20-26(36-38)28-8-5-17-41-28)35-31(39)33-21-24-6-3-4-7-27(24)42-30(13-14-32)34-23(2)37-15-18-40-19-16-37/h3-14,17,20H,2,15-16,18-19,21,32H2,1H3,(H2,33,35,39)/b14-13-,34-30+. The number of ether oxygens (including phenoxy) is 2. The number of aliphatic imine (C=N–C) groups is 1. The number of para-hydroxylation sites is 1. The minimum atomic E-state index is -0.416. The van der Waals surface area contributed by atoms with Gasteiger partial charge in [-0.25, -0.2) is 9.48 Å². The van der Waals surface area contributed by atoms with Crippen molar-refractivity contribution in [3.63, 3.8) is 0 Å². The van der Waals surface area contributed by atoms with E-state index in [0.29, 0.717) is 55.1 Å². The van der Waals surface area contributed by atoms with Crippen molar-refractivity contribution in [1.29, 1.82) is 0 Å². The van der Waals surface area contributed by atoms with Crippen molar-refractivity contribution in [2.75, 3.05) is 31.6 Å².